The largest absolute Gasteiger partial charge is 0.493 e. The van der Waals surface area contributed by atoms with Gasteiger partial charge >= 0.3 is 12.4 Å². The van der Waals surface area contributed by atoms with Crippen molar-refractivity contribution in [3.05, 3.63) is 82.0 Å². The maximum atomic E-state index is 13.5. The number of piperazine rings is 1. The summed E-state index contributed by atoms with van der Waals surface area (Å²) in [5, 5.41) is 0.578. The first kappa shape index (κ1) is 30.2. The lowest BCUT2D eigenvalue weighted by Gasteiger charge is -2.35. The van der Waals surface area contributed by atoms with Gasteiger partial charge in [0, 0.05) is 44.1 Å². The number of ether oxygens (including phenoxy) is 2. The van der Waals surface area contributed by atoms with Crippen LogP contribution in [0.4, 0.5) is 32.3 Å². The second-order valence-corrected chi connectivity index (χ2v) is 10.4. The lowest BCUT2D eigenvalue weighted by Crippen LogP contribution is -2.48. The normalized spacial score (nSPS) is 17.0. The number of anilines is 1. The van der Waals surface area contributed by atoms with Crippen LogP contribution in [0.25, 0.3) is 6.08 Å². The molecule has 2 aromatic carbocycles. The average molecular weight is 624 g/mol. The third-order valence-electron chi connectivity index (χ3n) is 6.61. The molecule has 2 aliphatic rings. The molecule has 3 aromatic rings. The maximum Gasteiger partial charge on any atom is 0.416 e. The molecular weight excluding hydrogens is 600 g/mol. The van der Waals surface area contributed by atoms with E-state index < -0.39 is 41.6 Å². The van der Waals surface area contributed by atoms with E-state index in [9.17, 15) is 31.1 Å². The number of aliphatic imine (C=N–C) groups is 1. The van der Waals surface area contributed by atoms with Crippen LogP contribution in [-0.2, 0) is 23.8 Å². The molecule has 0 N–H and O–H groups in total. The zero-order chi connectivity index (χ0) is 30.8. The number of methoxy groups -OCH3 is 1. The molecule has 2 aliphatic heterocycles. The first-order valence-corrected chi connectivity index (χ1v) is 13.6. The highest BCUT2D eigenvalue weighted by Crippen LogP contribution is 2.39. The fourth-order valence-electron chi connectivity index (χ4n) is 4.43. The van der Waals surface area contributed by atoms with Crippen molar-refractivity contribution < 1.29 is 40.6 Å². The maximum absolute atomic E-state index is 13.5. The molecule has 1 fully saturated rings. The lowest BCUT2D eigenvalue weighted by molar-refractivity contribution is -0.143. The summed E-state index contributed by atoms with van der Waals surface area (Å²) in [5.74, 6) is 0.461. The van der Waals surface area contributed by atoms with E-state index in [0.717, 1.165) is 6.07 Å². The van der Waals surface area contributed by atoms with Crippen LogP contribution >= 0.6 is 11.8 Å². The monoisotopic (exact) mass is 623 g/mol. The van der Waals surface area contributed by atoms with E-state index in [1.165, 1.54) is 31.0 Å². The number of amidine groups is 1. The SMILES string of the molecule is COc1cc(/C=C2/SC(N3CCN(c4ncccn4)CC3)=NC2=O)ccc1OCc1ccc(C(F)(F)F)cc1C(F)(F)F. The molecular formula is C28H23F6N5O3S. The van der Waals surface area contributed by atoms with Crippen molar-refractivity contribution in [2.75, 3.05) is 38.2 Å². The molecule has 0 radical (unpaired) electrons. The molecule has 3 heterocycles. The van der Waals surface area contributed by atoms with E-state index in [-0.39, 0.29) is 17.6 Å². The lowest BCUT2D eigenvalue weighted by atomic mass is 10.0. The number of alkyl halides is 6. The van der Waals surface area contributed by atoms with Crippen LogP contribution in [0.15, 0.2) is 64.8 Å². The molecule has 226 valence electrons. The van der Waals surface area contributed by atoms with Gasteiger partial charge in [-0.15, -0.1) is 0 Å². The van der Waals surface area contributed by atoms with Crippen LogP contribution in [-0.4, -0.2) is 59.2 Å². The smallest absolute Gasteiger partial charge is 0.416 e. The third-order valence-corrected chi connectivity index (χ3v) is 7.65. The highest BCUT2D eigenvalue weighted by atomic mass is 32.2. The Bertz CT molecular complexity index is 1550. The van der Waals surface area contributed by atoms with E-state index in [1.54, 1.807) is 30.6 Å². The fourth-order valence-corrected chi connectivity index (χ4v) is 5.39. The van der Waals surface area contributed by atoms with Gasteiger partial charge in [0.05, 0.1) is 23.1 Å². The molecule has 0 atom stereocenters. The number of benzene rings is 2. The first-order chi connectivity index (χ1) is 20.4. The van der Waals surface area contributed by atoms with Gasteiger partial charge in [0.1, 0.15) is 6.61 Å². The van der Waals surface area contributed by atoms with Crippen molar-refractivity contribution in [1.29, 1.82) is 0 Å². The van der Waals surface area contributed by atoms with Crippen LogP contribution in [0, 0.1) is 0 Å². The van der Waals surface area contributed by atoms with Gasteiger partial charge in [-0.1, -0.05) is 12.1 Å². The number of amides is 1. The molecule has 8 nitrogen and oxygen atoms in total. The molecule has 1 amide bonds. The topological polar surface area (TPSA) is 80.2 Å². The van der Waals surface area contributed by atoms with Crippen molar-refractivity contribution in [3.8, 4) is 11.5 Å². The molecule has 0 aliphatic carbocycles. The first-order valence-electron chi connectivity index (χ1n) is 12.8. The second kappa shape index (κ2) is 12.1. The Morgan fingerprint density at radius 3 is 2.26 bits per heavy atom. The Balaban J connectivity index is 1.25. The van der Waals surface area contributed by atoms with Gasteiger partial charge in [-0.3, -0.25) is 4.79 Å². The minimum absolute atomic E-state index is 0.0649. The Morgan fingerprint density at radius 1 is 0.907 bits per heavy atom. The number of hydrogen-bond donors (Lipinski definition) is 0. The molecule has 15 heteroatoms. The molecule has 0 bridgehead atoms. The quantitative estimate of drug-likeness (QED) is 0.248. The predicted molar refractivity (Wildman–Crippen MR) is 148 cm³/mol. The van der Waals surface area contributed by atoms with Gasteiger partial charge in [-0.05, 0) is 53.7 Å². The number of carbonyl (C=O) groups excluding carboxylic acids is 1. The van der Waals surface area contributed by atoms with Gasteiger partial charge in [-0.2, -0.15) is 31.3 Å². The summed E-state index contributed by atoms with van der Waals surface area (Å²) in [7, 11) is 1.33. The van der Waals surface area contributed by atoms with E-state index in [1.807, 2.05) is 9.80 Å². The molecule has 0 spiro atoms. The Labute approximate surface area is 246 Å². The summed E-state index contributed by atoms with van der Waals surface area (Å²) < 4.78 is 90.3. The van der Waals surface area contributed by atoms with Crippen LogP contribution < -0.4 is 14.4 Å². The van der Waals surface area contributed by atoms with E-state index in [4.69, 9.17) is 9.47 Å². The van der Waals surface area contributed by atoms with Crippen LogP contribution in [0.1, 0.15) is 22.3 Å². The standard InChI is InChI=1S/C28H23F6N5O3S/c1-41-22-13-17(3-6-21(22)42-16-18-4-5-19(27(29,30)31)15-20(18)28(32,33)34)14-23-24(40)37-26(43-23)39-11-9-38(10-12-39)25-35-7-2-8-36-25/h2-8,13-15H,9-12,16H2,1H3/b23-14+. The Morgan fingerprint density at radius 2 is 1.60 bits per heavy atom. The van der Waals surface area contributed by atoms with Crippen molar-refractivity contribution in [2.45, 2.75) is 19.0 Å². The van der Waals surface area contributed by atoms with Gasteiger partial charge in [0.25, 0.3) is 5.91 Å². The van der Waals surface area contributed by atoms with Crippen LogP contribution in [0.2, 0.25) is 0 Å². The van der Waals surface area contributed by atoms with Gasteiger partial charge < -0.3 is 19.3 Å². The van der Waals surface area contributed by atoms with E-state index in [0.29, 0.717) is 53.8 Å². The molecule has 1 saturated heterocycles. The molecule has 5 rings (SSSR count). The summed E-state index contributed by atoms with van der Waals surface area (Å²) in [5.41, 5.74) is -2.77. The molecule has 43 heavy (non-hydrogen) atoms. The molecule has 0 unspecified atom stereocenters. The number of halogens is 6. The Kier molecular flexibility index (Phi) is 8.53. The van der Waals surface area contributed by atoms with Crippen molar-refractivity contribution in [1.82, 2.24) is 14.9 Å². The van der Waals surface area contributed by atoms with Crippen LogP contribution in [0.5, 0.6) is 11.5 Å². The summed E-state index contributed by atoms with van der Waals surface area (Å²) in [4.78, 5) is 29.8. The highest BCUT2D eigenvalue weighted by molar-refractivity contribution is 8.18. The zero-order valence-corrected chi connectivity index (χ0v) is 23.3. The number of hydrogen-bond acceptors (Lipinski definition) is 8. The number of carbonyl (C=O) groups is 1. The zero-order valence-electron chi connectivity index (χ0n) is 22.4. The number of rotatable bonds is 6. The second-order valence-electron chi connectivity index (χ2n) is 9.40. The number of thioether (sulfide) groups is 1. The minimum atomic E-state index is -5.02. The van der Waals surface area contributed by atoms with Gasteiger partial charge in [0.15, 0.2) is 16.7 Å². The van der Waals surface area contributed by atoms with Gasteiger partial charge in [0.2, 0.25) is 5.95 Å². The number of nitrogens with zero attached hydrogens (tertiary/aromatic N) is 5. The molecule has 0 saturated carbocycles. The van der Waals surface area contributed by atoms with Crippen molar-refractivity contribution in [2.24, 2.45) is 4.99 Å². The van der Waals surface area contributed by atoms with Crippen molar-refractivity contribution in [3.63, 3.8) is 0 Å². The fraction of sp³-hybridized carbons (Fsp3) is 0.286. The average Bonchev–Trinajstić information content (AvgIpc) is 3.35. The summed E-state index contributed by atoms with van der Waals surface area (Å²) >= 11 is 1.23. The third kappa shape index (κ3) is 7.04. The Hall–Kier alpha value is -4.27. The number of aromatic nitrogens is 2. The predicted octanol–water partition coefficient (Wildman–Crippen LogP) is 5.89. The van der Waals surface area contributed by atoms with E-state index >= 15 is 0 Å². The van der Waals surface area contributed by atoms with Crippen molar-refractivity contribution >= 4 is 34.9 Å². The summed E-state index contributed by atoms with van der Waals surface area (Å²) in [6, 6.07) is 7.68. The summed E-state index contributed by atoms with van der Waals surface area (Å²) in [6.07, 6.45) is -4.97. The van der Waals surface area contributed by atoms with Crippen LogP contribution in [0.3, 0.4) is 0 Å². The highest BCUT2D eigenvalue weighted by Gasteiger charge is 2.38. The van der Waals surface area contributed by atoms with E-state index in [2.05, 4.69) is 15.0 Å². The van der Waals surface area contributed by atoms with Gasteiger partial charge in [-0.25, -0.2) is 9.97 Å². The molecule has 1 aromatic heterocycles. The minimum Gasteiger partial charge on any atom is -0.493 e. The summed E-state index contributed by atoms with van der Waals surface area (Å²) in [6.45, 7) is 1.91.